The summed E-state index contributed by atoms with van der Waals surface area (Å²) in [6.45, 7) is 4.03. The standard InChI is InChI=1S/C28H34N2O/c1-22(25-10-6-3-7-11-25)29-27-18-20-30(21-19-27)28(31)26-16-14-24(15-17-26)13-12-23-8-4-2-5-9-23/h2,4-5,8-9,14-17,22,25,27,29H,3,6-7,10-11,18-21H2,1H3/t22-/m0/s1. The lowest BCUT2D eigenvalue weighted by molar-refractivity contribution is 0.0698. The van der Waals surface area contributed by atoms with E-state index < -0.39 is 0 Å². The molecule has 31 heavy (non-hydrogen) atoms. The van der Waals surface area contributed by atoms with Crippen LogP contribution in [0.25, 0.3) is 0 Å². The summed E-state index contributed by atoms with van der Waals surface area (Å²) < 4.78 is 0. The monoisotopic (exact) mass is 414 g/mol. The first-order chi connectivity index (χ1) is 15.2. The van der Waals surface area contributed by atoms with Crippen molar-refractivity contribution in [1.29, 1.82) is 0 Å². The number of hydrogen-bond donors (Lipinski definition) is 1. The highest BCUT2D eigenvalue weighted by atomic mass is 16.2. The summed E-state index contributed by atoms with van der Waals surface area (Å²) in [5, 5.41) is 3.87. The van der Waals surface area contributed by atoms with E-state index in [9.17, 15) is 4.79 Å². The third kappa shape index (κ3) is 5.99. The van der Waals surface area contributed by atoms with E-state index in [2.05, 4.69) is 24.1 Å². The molecule has 0 aromatic heterocycles. The molecule has 162 valence electrons. The van der Waals surface area contributed by atoms with E-state index in [0.717, 1.165) is 48.5 Å². The zero-order valence-corrected chi connectivity index (χ0v) is 18.6. The van der Waals surface area contributed by atoms with Crippen LogP contribution in [-0.2, 0) is 0 Å². The second-order valence-corrected chi connectivity index (χ2v) is 9.11. The molecule has 0 spiro atoms. The number of hydrogen-bond acceptors (Lipinski definition) is 2. The van der Waals surface area contributed by atoms with E-state index >= 15 is 0 Å². The van der Waals surface area contributed by atoms with Gasteiger partial charge in [-0.1, -0.05) is 49.3 Å². The SMILES string of the molecule is C[C@H](NC1CCN(C(=O)c2ccc(C#Cc3ccccc3)cc2)CC1)C1CCCCC1. The van der Waals surface area contributed by atoms with Crippen molar-refractivity contribution in [3.8, 4) is 11.8 Å². The molecule has 1 heterocycles. The van der Waals surface area contributed by atoms with E-state index in [1.54, 1.807) is 0 Å². The molecule has 0 unspecified atom stereocenters. The number of rotatable bonds is 4. The molecule has 1 amide bonds. The van der Waals surface area contributed by atoms with Gasteiger partial charge in [-0.25, -0.2) is 0 Å². The van der Waals surface area contributed by atoms with Crippen LogP contribution in [0.2, 0.25) is 0 Å². The van der Waals surface area contributed by atoms with Crippen LogP contribution in [0, 0.1) is 17.8 Å². The number of carbonyl (C=O) groups excluding carboxylic acids is 1. The zero-order valence-electron chi connectivity index (χ0n) is 18.6. The van der Waals surface area contributed by atoms with Crippen molar-refractivity contribution in [2.45, 2.75) is 64.0 Å². The summed E-state index contributed by atoms with van der Waals surface area (Å²) >= 11 is 0. The van der Waals surface area contributed by atoms with E-state index in [1.807, 2.05) is 59.5 Å². The second-order valence-electron chi connectivity index (χ2n) is 9.11. The molecule has 3 heteroatoms. The summed E-state index contributed by atoms with van der Waals surface area (Å²) in [5.41, 5.74) is 2.68. The Morgan fingerprint density at radius 2 is 1.48 bits per heavy atom. The number of benzene rings is 2. The largest absolute Gasteiger partial charge is 0.339 e. The maximum absolute atomic E-state index is 12.9. The molecule has 2 aromatic rings. The fourth-order valence-electron chi connectivity index (χ4n) is 4.94. The minimum atomic E-state index is 0.140. The molecule has 1 saturated heterocycles. The number of likely N-dealkylation sites (tertiary alicyclic amines) is 1. The highest BCUT2D eigenvalue weighted by Crippen LogP contribution is 2.27. The lowest BCUT2D eigenvalue weighted by Gasteiger charge is -2.36. The normalized spacial score (nSPS) is 18.8. The molecular formula is C28H34N2O. The van der Waals surface area contributed by atoms with Crippen LogP contribution in [0.15, 0.2) is 54.6 Å². The molecule has 2 fully saturated rings. The summed E-state index contributed by atoms with van der Waals surface area (Å²) in [6.07, 6.45) is 9.02. The van der Waals surface area contributed by atoms with Crippen molar-refractivity contribution in [2.24, 2.45) is 5.92 Å². The van der Waals surface area contributed by atoms with Crippen molar-refractivity contribution < 1.29 is 4.79 Å². The number of carbonyl (C=O) groups is 1. The Bertz CT molecular complexity index is 896. The topological polar surface area (TPSA) is 32.3 Å². The van der Waals surface area contributed by atoms with E-state index in [-0.39, 0.29) is 5.91 Å². The molecule has 4 rings (SSSR count). The van der Waals surface area contributed by atoms with E-state index in [0.29, 0.717) is 12.1 Å². The Morgan fingerprint density at radius 3 is 2.13 bits per heavy atom. The van der Waals surface area contributed by atoms with Gasteiger partial charge in [-0.05, 0) is 74.9 Å². The van der Waals surface area contributed by atoms with Gasteiger partial charge in [-0.2, -0.15) is 0 Å². The summed E-state index contributed by atoms with van der Waals surface area (Å²) in [6, 6.07) is 18.8. The number of piperidine rings is 1. The lowest BCUT2D eigenvalue weighted by atomic mass is 9.84. The Kier molecular flexibility index (Phi) is 7.43. The third-order valence-corrected chi connectivity index (χ3v) is 6.89. The summed E-state index contributed by atoms with van der Waals surface area (Å²) in [5.74, 6) is 7.31. The van der Waals surface area contributed by atoms with Gasteiger partial charge in [0, 0.05) is 41.9 Å². The summed E-state index contributed by atoms with van der Waals surface area (Å²) in [4.78, 5) is 14.9. The summed E-state index contributed by atoms with van der Waals surface area (Å²) in [7, 11) is 0. The molecule has 0 radical (unpaired) electrons. The van der Waals surface area contributed by atoms with Gasteiger partial charge in [0.2, 0.25) is 0 Å². The van der Waals surface area contributed by atoms with Crippen molar-refractivity contribution in [2.75, 3.05) is 13.1 Å². The van der Waals surface area contributed by atoms with Gasteiger partial charge >= 0.3 is 0 Å². The predicted octanol–water partition coefficient (Wildman–Crippen LogP) is 5.25. The maximum Gasteiger partial charge on any atom is 0.253 e. The first-order valence-corrected chi connectivity index (χ1v) is 11.9. The van der Waals surface area contributed by atoms with Crippen molar-refractivity contribution in [1.82, 2.24) is 10.2 Å². The number of nitrogens with one attached hydrogen (secondary N) is 1. The quantitative estimate of drug-likeness (QED) is 0.693. The van der Waals surface area contributed by atoms with Gasteiger partial charge in [0.05, 0.1) is 0 Å². The Hall–Kier alpha value is -2.57. The Balaban J connectivity index is 1.27. The average Bonchev–Trinajstić information content (AvgIpc) is 2.84. The molecule has 1 aliphatic heterocycles. The fraction of sp³-hybridized carbons (Fsp3) is 0.464. The Morgan fingerprint density at radius 1 is 0.871 bits per heavy atom. The van der Waals surface area contributed by atoms with Crippen molar-refractivity contribution in [3.63, 3.8) is 0 Å². The molecule has 3 nitrogen and oxygen atoms in total. The van der Waals surface area contributed by atoms with E-state index in [1.165, 1.54) is 32.1 Å². The first kappa shape index (κ1) is 21.7. The average molecular weight is 415 g/mol. The van der Waals surface area contributed by atoms with Crippen LogP contribution in [0.3, 0.4) is 0 Å². The smallest absolute Gasteiger partial charge is 0.253 e. The van der Waals surface area contributed by atoms with Gasteiger partial charge in [0.25, 0.3) is 5.91 Å². The van der Waals surface area contributed by atoms with Gasteiger partial charge in [0.15, 0.2) is 0 Å². The molecule has 1 N–H and O–H groups in total. The molecule has 2 aliphatic rings. The van der Waals surface area contributed by atoms with E-state index in [4.69, 9.17) is 0 Å². The minimum Gasteiger partial charge on any atom is -0.339 e. The highest BCUT2D eigenvalue weighted by molar-refractivity contribution is 5.94. The Labute approximate surface area is 187 Å². The number of nitrogens with zero attached hydrogens (tertiary/aromatic N) is 1. The van der Waals surface area contributed by atoms with Crippen LogP contribution in [0.4, 0.5) is 0 Å². The molecular weight excluding hydrogens is 380 g/mol. The van der Waals surface area contributed by atoms with Crippen LogP contribution in [0.5, 0.6) is 0 Å². The molecule has 1 atom stereocenters. The molecule has 1 aliphatic carbocycles. The van der Waals surface area contributed by atoms with Gasteiger partial charge in [0.1, 0.15) is 0 Å². The lowest BCUT2D eigenvalue weighted by Crippen LogP contribution is -2.49. The van der Waals surface area contributed by atoms with Crippen LogP contribution >= 0.6 is 0 Å². The second kappa shape index (κ2) is 10.6. The highest BCUT2D eigenvalue weighted by Gasteiger charge is 2.27. The minimum absolute atomic E-state index is 0.140. The van der Waals surface area contributed by atoms with Gasteiger partial charge in [-0.15, -0.1) is 0 Å². The van der Waals surface area contributed by atoms with Crippen LogP contribution in [0.1, 0.15) is 73.4 Å². The first-order valence-electron chi connectivity index (χ1n) is 11.9. The van der Waals surface area contributed by atoms with Crippen LogP contribution < -0.4 is 5.32 Å². The molecule has 1 saturated carbocycles. The zero-order chi connectivity index (χ0) is 21.5. The van der Waals surface area contributed by atoms with Gasteiger partial charge in [-0.3, -0.25) is 4.79 Å². The van der Waals surface area contributed by atoms with Crippen LogP contribution in [-0.4, -0.2) is 36.0 Å². The van der Waals surface area contributed by atoms with Crippen molar-refractivity contribution in [3.05, 3.63) is 71.3 Å². The third-order valence-electron chi connectivity index (χ3n) is 6.89. The molecule has 0 bridgehead atoms. The fourth-order valence-corrected chi connectivity index (χ4v) is 4.94. The number of amides is 1. The maximum atomic E-state index is 12.9. The molecule has 2 aromatic carbocycles. The van der Waals surface area contributed by atoms with Crippen molar-refractivity contribution >= 4 is 5.91 Å². The predicted molar refractivity (Wildman–Crippen MR) is 127 cm³/mol. The van der Waals surface area contributed by atoms with Gasteiger partial charge < -0.3 is 10.2 Å².